The van der Waals surface area contributed by atoms with E-state index in [1.54, 1.807) is 0 Å². The molecule has 1 aromatic rings. The fraction of sp³-hybridized carbons (Fsp3) is 0.455. The maximum atomic E-state index is 13.5. The molecule has 2 nitrogen and oxygen atoms in total. The molecule has 4 heteroatoms. The minimum Gasteiger partial charge on any atom is -0.393 e. The van der Waals surface area contributed by atoms with Crippen LogP contribution in [0, 0.1) is 0 Å². The zero-order valence-corrected chi connectivity index (χ0v) is 9.91. The Morgan fingerprint density at radius 2 is 2.00 bits per heavy atom. The molecule has 0 fully saturated rings. The predicted octanol–water partition coefficient (Wildman–Crippen LogP) is 2.30. The first-order valence-corrected chi connectivity index (χ1v) is 5.80. The summed E-state index contributed by atoms with van der Waals surface area (Å²) in [7, 11) is 0. The molecular formula is C11H14BrFO2. The van der Waals surface area contributed by atoms with Gasteiger partial charge in [0.05, 0.1) is 19.8 Å². The average molecular weight is 277 g/mol. The van der Waals surface area contributed by atoms with Crippen molar-refractivity contribution in [3.05, 3.63) is 35.9 Å². The van der Waals surface area contributed by atoms with Gasteiger partial charge < -0.3 is 9.84 Å². The number of halogens is 2. The van der Waals surface area contributed by atoms with Gasteiger partial charge in [0, 0.05) is 5.33 Å². The van der Waals surface area contributed by atoms with E-state index in [0.29, 0.717) is 6.61 Å². The monoisotopic (exact) mass is 276 g/mol. The Bertz CT molecular complexity index is 275. The SMILES string of the molecule is OCC(F)(CBr)COCc1ccccc1. The first kappa shape index (κ1) is 12.6. The number of aliphatic hydroxyl groups excluding tert-OH is 1. The summed E-state index contributed by atoms with van der Waals surface area (Å²) in [6.45, 7) is -0.282. The van der Waals surface area contributed by atoms with Crippen LogP contribution >= 0.6 is 15.9 Å². The topological polar surface area (TPSA) is 29.5 Å². The van der Waals surface area contributed by atoms with Crippen LogP contribution in [0.1, 0.15) is 5.56 Å². The number of aliphatic hydroxyl groups is 1. The average Bonchev–Trinajstić information content (AvgIpc) is 2.30. The van der Waals surface area contributed by atoms with Crippen LogP contribution in [0.2, 0.25) is 0 Å². The van der Waals surface area contributed by atoms with Gasteiger partial charge in [0.15, 0.2) is 5.67 Å². The number of rotatable bonds is 6. The Hall–Kier alpha value is -0.450. The highest BCUT2D eigenvalue weighted by Gasteiger charge is 2.27. The van der Waals surface area contributed by atoms with Gasteiger partial charge in [-0.05, 0) is 5.56 Å². The molecular weight excluding hydrogens is 263 g/mol. The summed E-state index contributed by atoms with van der Waals surface area (Å²) in [6.07, 6.45) is 0. The smallest absolute Gasteiger partial charge is 0.166 e. The lowest BCUT2D eigenvalue weighted by Gasteiger charge is -2.19. The van der Waals surface area contributed by atoms with E-state index in [-0.39, 0.29) is 11.9 Å². The highest BCUT2D eigenvalue weighted by molar-refractivity contribution is 9.09. The van der Waals surface area contributed by atoms with Crippen LogP contribution < -0.4 is 0 Å². The quantitative estimate of drug-likeness (QED) is 0.808. The highest BCUT2D eigenvalue weighted by atomic mass is 79.9. The van der Waals surface area contributed by atoms with Gasteiger partial charge in [-0.3, -0.25) is 0 Å². The second-order valence-corrected chi connectivity index (χ2v) is 3.98. The zero-order chi connectivity index (χ0) is 11.1. The third-order valence-electron chi connectivity index (χ3n) is 2.00. The largest absolute Gasteiger partial charge is 0.393 e. The lowest BCUT2D eigenvalue weighted by molar-refractivity contribution is -0.0111. The van der Waals surface area contributed by atoms with Crippen molar-refractivity contribution in [3.63, 3.8) is 0 Å². The van der Waals surface area contributed by atoms with Crippen molar-refractivity contribution in [1.29, 1.82) is 0 Å². The van der Waals surface area contributed by atoms with E-state index in [9.17, 15) is 4.39 Å². The van der Waals surface area contributed by atoms with Crippen LogP contribution in [0.25, 0.3) is 0 Å². The Morgan fingerprint density at radius 3 is 2.53 bits per heavy atom. The minimum absolute atomic E-state index is 0.0747. The van der Waals surface area contributed by atoms with Gasteiger partial charge in [0.25, 0.3) is 0 Å². The molecule has 1 atom stereocenters. The van der Waals surface area contributed by atoms with E-state index in [2.05, 4.69) is 15.9 Å². The zero-order valence-electron chi connectivity index (χ0n) is 8.33. The molecule has 0 spiro atoms. The lowest BCUT2D eigenvalue weighted by Crippen LogP contribution is -2.35. The summed E-state index contributed by atoms with van der Waals surface area (Å²) in [5.41, 5.74) is -0.693. The molecule has 0 aliphatic carbocycles. The van der Waals surface area contributed by atoms with Crippen molar-refractivity contribution >= 4 is 15.9 Å². The summed E-state index contributed by atoms with van der Waals surface area (Å²) in [6, 6.07) is 9.53. The number of hydrogen-bond donors (Lipinski definition) is 1. The van der Waals surface area contributed by atoms with E-state index in [1.807, 2.05) is 30.3 Å². The molecule has 1 aromatic carbocycles. The molecule has 0 bridgehead atoms. The Balaban J connectivity index is 2.33. The third kappa shape index (κ3) is 4.28. The van der Waals surface area contributed by atoms with Gasteiger partial charge in [0.2, 0.25) is 0 Å². The Morgan fingerprint density at radius 1 is 1.33 bits per heavy atom. The molecule has 0 amide bonds. The van der Waals surface area contributed by atoms with Crippen LogP contribution in [-0.4, -0.2) is 29.3 Å². The first-order valence-electron chi connectivity index (χ1n) is 4.67. The second-order valence-electron chi connectivity index (χ2n) is 3.42. The summed E-state index contributed by atoms with van der Waals surface area (Å²) >= 11 is 3.00. The fourth-order valence-electron chi connectivity index (χ4n) is 1.05. The van der Waals surface area contributed by atoms with Crippen molar-refractivity contribution in [1.82, 2.24) is 0 Å². The van der Waals surface area contributed by atoms with Gasteiger partial charge >= 0.3 is 0 Å². The highest BCUT2D eigenvalue weighted by Crippen LogP contribution is 2.15. The van der Waals surface area contributed by atoms with E-state index in [4.69, 9.17) is 9.84 Å². The van der Waals surface area contributed by atoms with Crippen molar-refractivity contribution in [2.75, 3.05) is 18.5 Å². The molecule has 1 rings (SSSR count). The molecule has 1 N–H and O–H groups in total. The van der Waals surface area contributed by atoms with Crippen LogP contribution in [0.5, 0.6) is 0 Å². The fourth-order valence-corrected chi connectivity index (χ4v) is 1.39. The molecule has 0 saturated carbocycles. The summed E-state index contributed by atoms with van der Waals surface area (Å²) < 4.78 is 18.7. The third-order valence-corrected chi connectivity index (χ3v) is 3.00. The van der Waals surface area contributed by atoms with Crippen molar-refractivity contribution in [2.24, 2.45) is 0 Å². The Labute approximate surface area is 97.2 Å². The second kappa shape index (κ2) is 6.20. The van der Waals surface area contributed by atoms with Gasteiger partial charge in [-0.25, -0.2) is 4.39 Å². The molecule has 0 radical (unpaired) electrons. The van der Waals surface area contributed by atoms with Crippen LogP contribution in [0.3, 0.4) is 0 Å². The van der Waals surface area contributed by atoms with Crippen molar-refractivity contribution in [2.45, 2.75) is 12.3 Å². The molecule has 0 heterocycles. The number of ether oxygens (including phenoxy) is 1. The van der Waals surface area contributed by atoms with Crippen molar-refractivity contribution < 1.29 is 14.2 Å². The standard InChI is InChI=1S/C11H14BrFO2/c12-7-11(13,8-14)9-15-6-10-4-2-1-3-5-10/h1-5,14H,6-9H2. The normalized spacial score (nSPS) is 14.9. The summed E-state index contributed by atoms with van der Waals surface area (Å²) in [4.78, 5) is 0. The molecule has 15 heavy (non-hydrogen) atoms. The van der Waals surface area contributed by atoms with Crippen LogP contribution in [-0.2, 0) is 11.3 Å². The van der Waals surface area contributed by atoms with Gasteiger partial charge in [0.1, 0.15) is 0 Å². The van der Waals surface area contributed by atoms with Crippen LogP contribution in [0.4, 0.5) is 4.39 Å². The molecule has 84 valence electrons. The minimum atomic E-state index is -1.69. The van der Waals surface area contributed by atoms with Gasteiger partial charge in [-0.2, -0.15) is 0 Å². The van der Waals surface area contributed by atoms with Gasteiger partial charge in [-0.1, -0.05) is 46.3 Å². The summed E-state index contributed by atoms with van der Waals surface area (Å²) in [5, 5.41) is 8.87. The maximum Gasteiger partial charge on any atom is 0.166 e. The van der Waals surface area contributed by atoms with E-state index < -0.39 is 12.3 Å². The predicted molar refractivity (Wildman–Crippen MR) is 60.8 cm³/mol. The number of hydrogen-bond acceptors (Lipinski definition) is 2. The van der Waals surface area contributed by atoms with E-state index >= 15 is 0 Å². The molecule has 1 unspecified atom stereocenters. The first-order chi connectivity index (χ1) is 7.20. The van der Waals surface area contributed by atoms with Crippen LogP contribution in [0.15, 0.2) is 30.3 Å². The molecule has 0 aromatic heterocycles. The number of alkyl halides is 2. The molecule has 0 aliphatic heterocycles. The molecule has 0 aliphatic rings. The Kier molecular flexibility index (Phi) is 5.22. The van der Waals surface area contributed by atoms with E-state index in [1.165, 1.54) is 0 Å². The van der Waals surface area contributed by atoms with Crippen molar-refractivity contribution in [3.8, 4) is 0 Å². The number of benzene rings is 1. The lowest BCUT2D eigenvalue weighted by atomic mass is 10.2. The van der Waals surface area contributed by atoms with E-state index in [0.717, 1.165) is 5.56 Å². The molecule has 0 saturated heterocycles. The van der Waals surface area contributed by atoms with Gasteiger partial charge in [-0.15, -0.1) is 0 Å². The maximum absolute atomic E-state index is 13.5. The summed E-state index contributed by atoms with van der Waals surface area (Å²) in [5.74, 6) is 0.